The van der Waals surface area contributed by atoms with Crippen molar-refractivity contribution in [2.24, 2.45) is 0 Å². The summed E-state index contributed by atoms with van der Waals surface area (Å²) in [6.07, 6.45) is 5.27. The van der Waals surface area contributed by atoms with Crippen LogP contribution in [-0.2, 0) is 4.79 Å². The molecule has 0 spiro atoms. The first-order valence-electron chi connectivity index (χ1n) is 9.27. The minimum atomic E-state index is -0.112. The summed E-state index contributed by atoms with van der Waals surface area (Å²) in [5.74, 6) is -0.0908. The van der Waals surface area contributed by atoms with Gasteiger partial charge < -0.3 is 4.90 Å². The number of amides is 2. The van der Waals surface area contributed by atoms with Crippen LogP contribution in [0.3, 0.4) is 0 Å². The summed E-state index contributed by atoms with van der Waals surface area (Å²) in [6, 6.07) is 8.14. The Kier molecular flexibility index (Phi) is 4.34. The van der Waals surface area contributed by atoms with Gasteiger partial charge in [0.1, 0.15) is 6.54 Å². The molecule has 0 N–H and O–H groups in total. The van der Waals surface area contributed by atoms with Gasteiger partial charge >= 0.3 is 0 Å². The normalized spacial score (nSPS) is 21.9. The highest BCUT2D eigenvalue weighted by Crippen LogP contribution is 2.31. The second-order valence-corrected chi connectivity index (χ2v) is 7.24. The van der Waals surface area contributed by atoms with Crippen LogP contribution < -0.4 is 0 Å². The lowest BCUT2D eigenvalue weighted by atomic mass is 10.1. The maximum atomic E-state index is 12.7. The van der Waals surface area contributed by atoms with Crippen molar-refractivity contribution in [2.45, 2.75) is 31.7 Å². The summed E-state index contributed by atoms with van der Waals surface area (Å²) in [4.78, 5) is 31.2. The van der Waals surface area contributed by atoms with E-state index in [1.807, 2.05) is 23.1 Å². The summed E-state index contributed by atoms with van der Waals surface area (Å²) in [5.41, 5.74) is 2.12. The summed E-state index contributed by atoms with van der Waals surface area (Å²) >= 11 is 0. The monoisotopic (exact) mass is 339 g/mol. The average Bonchev–Trinajstić information content (AvgIpc) is 3.26. The molecule has 4 rings (SSSR count). The fourth-order valence-electron chi connectivity index (χ4n) is 4.34. The number of hydrogen-bond acceptors (Lipinski definition) is 3. The predicted octanol–water partition coefficient (Wildman–Crippen LogP) is 2.20. The van der Waals surface area contributed by atoms with Gasteiger partial charge in [-0.3, -0.25) is 19.4 Å². The first kappa shape index (κ1) is 16.3. The van der Waals surface area contributed by atoms with Crippen molar-refractivity contribution in [2.75, 3.05) is 32.7 Å². The zero-order valence-electron chi connectivity index (χ0n) is 14.6. The SMILES string of the molecule is C=C1c2ccccc2C(=O)N1CC(=O)N1CCN(C2CCCC2)CC1. The van der Waals surface area contributed by atoms with Crippen LogP contribution >= 0.6 is 0 Å². The average molecular weight is 339 g/mol. The molecule has 1 aromatic carbocycles. The molecule has 2 fully saturated rings. The Morgan fingerprint density at radius 2 is 1.68 bits per heavy atom. The van der Waals surface area contributed by atoms with Crippen molar-refractivity contribution in [1.29, 1.82) is 0 Å². The maximum Gasteiger partial charge on any atom is 0.259 e. The highest BCUT2D eigenvalue weighted by Gasteiger charge is 2.34. The lowest BCUT2D eigenvalue weighted by Crippen LogP contribution is -2.53. The molecule has 1 aliphatic carbocycles. The number of benzene rings is 1. The van der Waals surface area contributed by atoms with Crippen LogP contribution in [0, 0.1) is 0 Å². The number of hydrogen-bond donors (Lipinski definition) is 0. The number of rotatable bonds is 3. The summed E-state index contributed by atoms with van der Waals surface area (Å²) in [6.45, 7) is 7.53. The third kappa shape index (κ3) is 2.97. The van der Waals surface area contributed by atoms with Gasteiger partial charge in [-0.05, 0) is 18.9 Å². The highest BCUT2D eigenvalue weighted by molar-refractivity contribution is 6.10. The van der Waals surface area contributed by atoms with Gasteiger partial charge in [-0.1, -0.05) is 37.6 Å². The first-order valence-corrected chi connectivity index (χ1v) is 9.27. The molecule has 25 heavy (non-hydrogen) atoms. The van der Waals surface area contributed by atoms with Crippen molar-refractivity contribution in [3.8, 4) is 0 Å². The van der Waals surface area contributed by atoms with E-state index in [0.29, 0.717) is 17.3 Å². The lowest BCUT2D eigenvalue weighted by molar-refractivity contribution is -0.133. The molecule has 3 aliphatic rings. The van der Waals surface area contributed by atoms with E-state index >= 15 is 0 Å². The van der Waals surface area contributed by atoms with Crippen molar-refractivity contribution in [3.05, 3.63) is 42.0 Å². The van der Waals surface area contributed by atoms with Crippen LogP contribution in [-0.4, -0.2) is 65.3 Å². The fraction of sp³-hybridized carbons (Fsp3) is 0.500. The number of carbonyl (C=O) groups excluding carboxylic acids is 2. The minimum Gasteiger partial charge on any atom is -0.339 e. The van der Waals surface area contributed by atoms with E-state index in [1.165, 1.54) is 30.6 Å². The molecule has 2 amide bonds. The molecule has 1 saturated heterocycles. The molecule has 2 aliphatic heterocycles. The van der Waals surface area contributed by atoms with Gasteiger partial charge in [-0.15, -0.1) is 0 Å². The number of nitrogens with zero attached hydrogens (tertiary/aromatic N) is 3. The van der Waals surface area contributed by atoms with Crippen LogP contribution in [0.25, 0.3) is 5.70 Å². The van der Waals surface area contributed by atoms with Gasteiger partial charge in [0.2, 0.25) is 5.91 Å². The molecule has 1 aromatic rings. The van der Waals surface area contributed by atoms with Crippen LogP contribution in [0.5, 0.6) is 0 Å². The van der Waals surface area contributed by atoms with E-state index in [9.17, 15) is 9.59 Å². The van der Waals surface area contributed by atoms with Crippen molar-refractivity contribution < 1.29 is 9.59 Å². The molecule has 1 saturated carbocycles. The van der Waals surface area contributed by atoms with Crippen molar-refractivity contribution >= 4 is 17.5 Å². The van der Waals surface area contributed by atoms with Gasteiger partial charge in [-0.2, -0.15) is 0 Å². The van der Waals surface area contributed by atoms with Gasteiger partial charge in [0.05, 0.1) is 0 Å². The van der Waals surface area contributed by atoms with Gasteiger partial charge in [0.25, 0.3) is 5.91 Å². The smallest absolute Gasteiger partial charge is 0.259 e. The Bertz CT molecular complexity index is 666. The molecule has 2 heterocycles. The van der Waals surface area contributed by atoms with E-state index in [1.54, 1.807) is 6.07 Å². The van der Waals surface area contributed by atoms with Gasteiger partial charge in [0, 0.05) is 49.0 Å². The van der Waals surface area contributed by atoms with E-state index in [-0.39, 0.29) is 18.4 Å². The van der Waals surface area contributed by atoms with Gasteiger partial charge in [-0.25, -0.2) is 0 Å². The van der Waals surface area contributed by atoms with Crippen molar-refractivity contribution in [1.82, 2.24) is 14.7 Å². The second-order valence-electron chi connectivity index (χ2n) is 7.24. The third-order valence-electron chi connectivity index (χ3n) is 5.84. The van der Waals surface area contributed by atoms with E-state index < -0.39 is 0 Å². The minimum absolute atomic E-state index is 0.0216. The zero-order valence-corrected chi connectivity index (χ0v) is 14.6. The zero-order chi connectivity index (χ0) is 17.4. The predicted molar refractivity (Wildman–Crippen MR) is 96.9 cm³/mol. The summed E-state index contributed by atoms with van der Waals surface area (Å²) in [7, 11) is 0. The number of fused-ring (bicyclic) bond motifs is 1. The fourth-order valence-corrected chi connectivity index (χ4v) is 4.34. The summed E-state index contributed by atoms with van der Waals surface area (Å²) < 4.78 is 0. The molecule has 5 heteroatoms. The Morgan fingerprint density at radius 1 is 1.04 bits per heavy atom. The molecule has 0 unspecified atom stereocenters. The van der Waals surface area contributed by atoms with Crippen LogP contribution in [0.15, 0.2) is 30.8 Å². The van der Waals surface area contributed by atoms with Crippen molar-refractivity contribution in [3.63, 3.8) is 0 Å². The topological polar surface area (TPSA) is 43.9 Å². The molecule has 132 valence electrons. The third-order valence-corrected chi connectivity index (χ3v) is 5.84. The Balaban J connectivity index is 1.35. The molecule has 5 nitrogen and oxygen atoms in total. The number of piperazine rings is 1. The number of carbonyl (C=O) groups is 2. The molecule has 0 atom stereocenters. The molecule has 0 radical (unpaired) electrons. The first-order chi connectivity index (χ1) is 12.1. The van der Waals surface area contributed by atoms with Crippen LogP contribution in [0.4, 0.5) is 0 Å². The molecule has 0 aromatic heterocycles. The van der Waals surface area contributed by atoms with Gasteiger partial charge in [0.15, 0.2) is 0 Å². The quantitative estimate of drug-likeness (QED) is 0.848. The van der Waals surface area contributed by atoms with E-state index in [4.69, 9.17) is 0 Å². The van der Waals surface area contributed by atoms with E-state index in [0.717, 1.165) is 31.7 Å². The highest BCUT2D eigenvalue weighted by atomic mass is 16.2. The van der Waals surface area contributed by atoms with Crippen LogP contribution in [0.2, 0.25) is 0 Å². The Hall–Kier alpha value is -2.14. The standard InChI is InChI=1S/C20H25N3O2/c1-15-17-8-4-5-9-18(17)20(25)23(15)14-19(24)22-12-10-21(11-13-22)16-6-2-3-7-16/h4-5,8-9,16H,1-3,6-7,10-14H2. The second kappa shape index (κ2) is 6.64. The summed E-state index contributed by atoms with van der Waals surface area (Å²) in [5, 5.41) is 0. The largest absolute Gasteiger partial charge is 0.339 e. The Labute approximate surface area is 148 Å². The lowest BCUT2D eigenvalue weighted by Gasteiger charge is -2.38. The molecular formula is C20H25N3O2. The van der Waals surface area contributed by atoms with E-state index in [2.05, 4.69) is 11.5 Å². The molecule has 0 bridgehead atoms. The van der Waals surface area contributed by atoms with Crippen LogP contribution in [0.1, 0.15) is 41.6 Å². The molecular weight excluding hydrogens is 314 g/mol. The maximum absolute atomic E-state index is 12.7. The Morgan fingerprint density at radius 3 is 2.32 bits per heavy atom.